The minimum atomic E-state index is -2.27. The van der Waals surface area contributed by atoms with Crippen LogP contribution < -0.4 is 10.5 Å². The first-order valence-electron chi connectivity index (χ1n) is 6.92. The quantitative estimate of drug-likeness (QED) is 0.620. The van der Waals surface area contributed by atoms with Crippen LogP contribution in [0.3, 0.4) is 0 Å². The molecule has 1 aromatic rings. The molecule has 19 heavy (non-hydrogen) atoms. The molecule has 0 saturated carbocycles. The fourth-order valence-corrected chi connectivity index (χ4v) is 2.83. The molecular formula is C15H25NO2Si. The van der Waals surface area contributed by atoms with Crippen molar-refractivity contribution >= 4 is 19.4 Å². The number of hydrogen-bond acceptors (Lipinski definition) is 2. The largest absolute Gasteiger partial charge is 0.428 e. The monoisotopic (exact) mass is 279 g/mol. The number of benzene rings is 1. The van der Waals surface area contributed by atoms with Crippen LogP contribution in [0.5, 0.6) is 0 Å². The van der Waals surface area contributed by atoms with Crippen LogP contribution in [-0.4, -0.2) is 25.6 Å². The van der Waals surface area contributed by atoms with E-state index in [4.69, 9.17) is 0 Å². The molecule has 1 aromatic carbocycles. The number of carbonyl (C=O) groups excluding carboxylic acids is 1. The third-order valence-corrected chi connectivity index (χ3v) is 4.84. The summed E-state index contributed by atoms with van der Waals surface area (Å²) in [7, 11) is -2.27. The van der Waals surface area contributed by atoms with Gasteiger partial charge in [-0.15, -0.1) is 0 Å². The highest BCUT2D eigenvalue weighted by atomic mass is 28.4. The highest BCUT2D eigenvalue weighted by molar-refractivity contribution is 6.83. The zero-order chi connectivity index (χ0) is 14.5. The van der Waals surface area contributed by atoms with Crippen LogP contribution in [0.25, 0.3) is 0 Å². The third-order valence-electron chi connectivity index (χ3n) is 3.10. The molecule has 0 atom stereocenters. The van der Waals surface area contributed by atoms with Gasteiger partial charge in [0.25, 0.3) is 5.91 Å². The standard InChI is InChI=1S/C15H25NO2Si/c1-12(2)6-5-11-16-15(17)13-7-9-14(10-8-13)19(3,4)18/h7-10,12,18H,5-6,11H2,1-4H3,(H,16,17). The normalized spacial score (nSPS) is 11.7. The van der Waals surface area contributed by atoms with Gasteiger partial charge in [-0.05, 0) is 49.2 Å². The zero-order valence-corrected chi connectivity index (χ0v) is 13.4. The van der Waals surface area contributed by atoms with Gasteiger partial charge in [0.2, 0.25) is 8.32 Å². The molecule has 0 spiro atoms. The Bertz CT molecular complexity index is 407. The molecule has 4 heteroatoms. The molecular weight excluding hydrogens is 254 g/mol. The Balaban J connectivity index is 2.49. The lowest BCUT2D eigenvalue weighted by Gasteiger charge is -2.14. The van der Waals surface area contributed by atoms with Crippen molar-refractivity contribution in [3.63, 3.8) is 0 Å². The molecule has 106 valence electrons. The maximum Gasteiger partial charge on any atom is 0.251 e. The summed E-state index contributed by atoms with van der Waals surface area (Å²) in [5.74, 6) is 0.639. The zero-order valence-electron chi connectivity index (χ0n) is 12.4. The number of carbonyl (C=O) groups is 1. The van der Waals surface area contributed by atoms with E-state index in [1.165, 1.54) is 0 Å². The van der Waals surface area contributed by atoms with Gasteiger partial charge in [0.15, 0.2) is 0 Å². The highest BCUT2D eigenvalue weighted by Crippen LogP contribution is 2.04. The Kier molecular flexibility index (Phi) is 5.75. The number of amides is 1. The van der Waals surface area contributed by atoms with Crippen LogP contribution in [0.4, 0.5) is 0 Å². The average Bonchev–Trinajstić information content (AvgIpc) is 2.33. The molecule has 0 radical (unpaired) electrons. The summed E-state index contributed by atoms with van der Waals surface area (Å²) in [4.78, 5) is 21.9. The summed E-state index contributed by atoms with van der Waals surface area (Å²) in [6, 6.07) is 7.29. The van der Waals surface area contributed by atoms with Crippen molar-refractivity contribution in [2.45, 2.75) is 39.8 Å². The van der Waals surface area contributed by atoms with Gasteiger partial charge in [-0.2, -0.15) is 0 Å². The third kappa shape index (κ3) is 5.57. The maximum atomic E-state index is 11.9. The molecule has 0 aliphatic heterocycles. The molecule has 0 aromatic heterocycles. The molecule has 0 unspecified atom stereocenters. The second-order valence-corrected chi connectivity index (χ2v) is 9.62. The fraction of sp³-hybridized carbons (Fsp3) is 0.533. The maximum absolute atomic E-state index is 11.9. The summed E-state index contributed by atoms with van der Waals surface area (Å²) >= 11 is 0. The predicted molar refractivity (Wildman–Crippen MR) is 82.2 cm³/mol. The van der Waals surface area contributed by atoms with Gasteiger partial charge in [0.05, 0.1) is 0 Å². The summed E-state index contributed by atoms with van der Waals surface area (Å²) in [5, 5.41) is 3.87. The summed E-state index contributed by atoms with van der Waals surface area (Å²) in [6.45, 7) is 8.82. The smallest absolute Gasteiger partial charge is 0.251 e. The molecule has 1 amide bonds. The van der Waals surface area contributed by atoms with Gasteiger partial charge in [-0.25, -0.2) is 0 Å². The Morgan fingerprint density at radius 1 is 1.26 bits per heavy atom. The summed E-state index contributed by atoms with van der Waals surface area (Å²) < 4.78 is 0. The van der Waals surface area contributed by atoms with Gasteiger partial charge in [0, 0.05) is 12.1 Å². The van der Waals surface area contributed by atoms with Crippen molar-refractivity contribution in [1.29, 1.82) is 0 Å². The molecule has 0 aliphatic rings. The van der Waals surface area contributed by atoms with Crippen LogP contribution in [0.1, 0.15) is 37.0 Å². The van der Waals surface area contributed by atoms with Gasteiger partial charge in [0.1, 0.15) is 0 Å². The second kappa shape index (κ2) is 6.87. The van der Waals surface area contributed by atoms with Crippen molar-refractivity contribution in [3.05, 3.63) is 29.8 Å². The van der Waals surface area contributed by atoms with E-state index >= 15 is 0 Å². The number of nitrogens with one attached hydrogen (secondary N) is 1. The van der Waals surface area contributed by atoms with E-state index in [2.05, 4.69) is 19.2 Å². The van der Waals surface area contributed by atoms with E-state index < -0.39 is 8.32 Å². The molecule has 0 heterocycles. The minimum Gasteiger partial charge on any atom is -0.428 e. The van der Waals surface area contributed by atoms with Gasteiger partial charge in [-0.1, -0.05) is 26.0 Å². The van der Waals surface area contributed by atoms with E-state index in [-0.39, 0.29) is 5.91 Å². The molecule has 2 N–H and O–H groups in total. The molecule has 1 rings (SSSR count). The Morgan fingerprint density at radius 2 is 1.84 bits per heavy atom. The van der Waals surface area contributed by atoms with Crippen LogP contribution in [0.2, 0.25) is 13.1 Å². The molecule has 0 bridgehead atoms. The predicted octanol–water partition coefficient (Wildman–Crippen LogP) is 2.26. The fourth-order valence-electron chi connectivity index (χ4n) is 1.84. The van der Waals surface area contributed by atoms with Crippen LogP contribution in [0.15, 0.2) is 24.3 Å². The van der Waals surface area contributed by atoms with Gasteiger partial charge in [-0.3, -0.25) is 4.79 Å². The highest BCUT2D eigenvalue weighted by Gasteiger charge is 2.19. The van der Waals surface area contributed by atoms with E-state index in [0.29, 0.717) is 11.5 Å². The first-order valence-corrected chi connectivity index (χ1v) is 9.86. The minimum absolute atomic E-state index is 0.0345. The topological polar surface area (TPSA) is 49.3 Å². The summed E-state index contributed by atoms with van der Waals surface area (Å²) in [6.07, 6.45) is 2.14. The second-order valence-electron chi connectivity index (χ2n) is 5.93. The first kappa shape index (κ1) is 15.9. The SMILES string of the molecule is CC(C)CCCNC(=O)c1ccc([Si](C)(C)O)cc1. The number of rotatable bonds is 6. The Morgan fingerprint density at radius 3 is 2.32 bits per heavy atom. The van der Waals surface area contributed by atoms with Gasteiger partial charge < -0.3 is 10.1 Å². The van der Waals surface area contributed by atoms with Crippen molar-refractivity contribution < 1.29 is 9.59 Å². The number of hydrogen-bond donors (Lipinski definition) is 2. The Labute approximate surface area is 117 Å². The first-order chi connectivity index (χ1) is 8.80. The van der Waals surface area contributed by atoms with Crippen molar-refractivity contribution in [2.24, 2.45) is 5.92 Å². The lowest BCUT2D eigenvalue weighted by atomic mass is 10.1. The van der Waals surface area contributed by atoms with E-state index in [9.17, 15) is 9.59 Å². The Hall–Kier alpha value is -1.13. The summed E-state index contributed by atoms with van der Waals surface area (Å²) in [5.41, 5.74) is 0.659. The van der Waals surface area contributed by atoms with Crippen molar-refractivity contribution in [2.75, 3.05) is 6.54 Å². The van der Waals surface area contributed by atoms with Crippen LogP contribution in [-0.2, 0) is 0 Å². The van der Waals surface area contributed by atoms with E-state index in [1.54, 1.807) is 12.1 Å². The van der Waals surface area contributed by atoms with Crippen LogP contribution >= 0.6 is 0 Å². The van der Waals surface area contributed by atoms with E-state index in [0.717, 1.165) is 24.6 Å². The molecule has 0 saturated heterocycles. The molecule has 0 fully saturated rings. The van der Waals surface area contributed by atoms with Crippen molar-refractivity contribution in [3.8, 4) is 0 Å². The lowest BCUT2D eigenvalue weighted by molar-refractivity contribution is 0.0952. The molecule has 3 nitrogen and oxygen atoms in total. The lowest BCUT2D eigenvalue weighted by Crippen LogP contribution is -2.41. The average molecular weight is 279 g/mol. The van der Waals surface area contributed by atoms with Crippen LogP contribution in [0, 0.1) is 5.92 Å². The van der Waals surface area contributed by atoms with Gasteiger partial charge >= 0.3 is 0 Å². The molecule has 0 aliphatic carbocycles. The van der Waals surface area contributed by atoms with E-state index in [1.807, 2.05) is 25.2 Å². The van der Waals surface area contributed by atoms with Crippen molar-refractivity contribution in [1.82, 2.24) is 5.32 Å².